The van der Waals surface area contributed by atoms with E-state index in [4.69, 9.17) is 4.98 Å². The molecule has 0 fully saturated rings. The Morgan fingerprint density at radius 3 is 2.68 bits per heavy atom. The largest absolute Gasteiger partial charge is 0.325 e. The minimum atomic E-state index is 0.149. The Hall–Kier alpha value is -1.42. The maximum atomic E-state index is 4.71. The van der Waals surface area contributed by atoms with Crippen molar-refractivity contribution in [3.8, 4) is 0 Å². The van der Waals surface area contributed by atoms with Crippen LogP contribution in [0.1, 0.15) is 46.5 Å². The average molecular weight is 260 g/mol. The number of hydrogen-bond acceptors (Lipinski definition) is 3. The van der Waals surface area contributed by atoms with Gasteiger partial charge in [0.15, 0.2) is 0 Å². The molecule has 0 aromatic carbocycles. The Morgan fingerprint density at radius 2 is 2.05 bits per heavy atom. The van der Waals surface area contributed by atoms with E-state index in [0.717, 1.165) is 24.3 Å². The number of rotatable bonds is 4. The van der Waals surface area contributed by atoms with Crippen LogP contribution in [0.25, 0.3) is 11.0 Å². The van der Waals surface area contributed by atoms with Crippen molar-refractivity contribution in [1.29, 1.82) is 0 Å². The van der Waals surface area contributed by atoms with Crippen LogP contribution in [0, 0.1) is 0 Å². The van der Waals surface area contributed by atoms with Crippen molar-refractivity contribution in [2.75, 3.05) is 6.54 Å². The first-order chi connectivity index (χ1) is 8.88. The zero-order chi connectivity index (χ0) is 14.0. The second kappa shape index (κ2) is 5.29. The van der Waals surface area contributed by atoms with Crippen LogP contribution >= 0.6 is 0 Å². The van der Waals surface area contributed by atoms with Gasteiger partial charge in [-0.1, -0.05) is 0 Å². The molecule has 0 radical (unpaired) electrons. The van der Waals surface area contributed by atoms with Gasteiger partial charge >= 0.3 is 0 Å². The lowest BCUT2D eigenvalue weighted by atomic mass is 10.1. The molecule has 2 aromatic heterocycles. The van der Waals surface area contributed by atoms with Gasteiger partial charge in [-0.25, -0.2) is 4.98 Å². The van der Waals surface area contributed by atoms with E-state index in [1.165, 1.54) is 5.52 Å². The summed E-state index contributed by atoms with van der Waals surface area (Å²) in [5.74, 6) is 1.13. The summed E-state index contributed by atoms with van der Waals surface area (Å²) in [5.41, 5.74) is 2.31. The molecule has 0 saturated carbocycles. The van der Waals surface area contributed by atoms with Gasteiger partial charge in [0.1, 0.15) is 11.3 Å². The van der Waals surface area contributed by atoms with E-state index in [-0.39, 0.29) is 5.54 Å². The van der Waals surface area contributed by atoms with Crippen LogP contribution in [0.3, 0.4) is 0 Å². The van der Waals surface area contributed by atoms with E-state index in [1.54, 1.807) is 0 Å². The maximum Gasteiger partial charge on any atom is 0.111 e. The van der Waals surface area contributed by atoms with Gasteiger partial charge < -0.3 is 9.88 Å². The minimum Gasteiger partial charge on any atom is -0.325 e. The Bertz CT molecular complexity index is 549. The number of nitrogens with one attached hydrogen (secondary N) is 1. The summed E-state index contributed by atoms with van der Waals surface area (Å²) in [7, 11) is 0. The first-order valence-electron chi connectivity index (χ1n) is 6.94. The van der Waals surface area contributed by atoms with Crippen LogP contribution in [0.5, 0.6) is 0 Å². The second-order valence-electron chi connectivity index (χ2n) is 6.28. The molecule has 0 aliphatic rings. The molecule has 0 bridgehead atoms. The summed E-state index contributed by atoms with van der Waals surface area (Å²) in [4.78, 5) is 8.87. The van der Waals surface area contributed by atoms with E-state index in [9.17, 15) is 0 Å². The molecule has 2 aromatic rings. The molecule has 104 valence electrons. The first-order valence-corrected chi connectivity index (χ1v) is 6.94. The molecule has 0 aliphatic carbocycles. The molecule has 0 aliphatic heterocycles. The lowest BCUT2D eigenvalue weighted by molar-refractivity contribution is 0.424. The van der Waals surface area contributed by atoms with Gasteiger partial charge in [-0.2, -0.15) is 0 Å². The molecule has 19 heavy (non-hydrogen) atoms. The highest BCUT2D eigenvalue weighted by molar-refractivity contribution is 5.74. The third-order valence-electron chi connectivity index (χ3n) is 3.09. The molecule has 0 saturated heterocycles. The average Bonchev–Trinajstić information content (AvgIpc) is 2.65. The van der Waals surface area contributed by atoms with Crippen LogP contribution < -0.4 is 5.32 Å². The highest BCUT2D eigenvalue weighted by Gasteiger charge is 2.14. The van der Waals surface area contributed by atoms with Gasteiger partial charge in [0, 0.05) is 30.7 Å². The highest BCUT2D eigenvalue weighted by Crippen LogP contribution is 2.20. The summed E-state index contributed by atoms with van der Waals surface area (Å²) in [5, 5.41) is 3.51. The molecule has 2 rings (SSSR count). The molecular weight excluding hydrogens is 236 g/mol. The van der Waals surface area contributed by atoms with Crippen LogP contribution in [0.15, 0.2) is 18.5 Å². The molecule has 0 unspecified atom stereocenters. The fraction of sp³-hybridized carbons (Fsp3) is 0.600. The fourth-order valence-electron chi connectivity index (χ4n) is 2.30. The lowest BCUT2D eigenvalue weighted by Crippen LogP contribution is -2.37. The topological polar surface area (TPSA) is 42.7 Å². The molecule has 4 heteroatoms. The molecule has 1 N–H and O–H groups in total. The first kappa shape index (κ1) is 14.0. The van der Waals surface area contributed by atoms with Crippen molar-refractivity contribution in [3.05, 3.63) is 24.3 Å². The number of nitrogens with zero attached hydrogens (tertiary/aromatic N) is 3. The Labute approximate surface area is 115 Å². The monoisotopic (exact) mass is 260 g/mol. The number of pyridine rings is 1. The zero-order valence-electron chi connectivity index (χ0n) is 12.6. The van der Waals surface area contributed by atoms with Crippen LogP contribution in [-0.4, -0.2) is 26.6 Å². The molecule has 2 heterocycles. The molecule has 0 spiro atoms. The second-order valence-corrected chi connectivity index (χ2v) is 6.28. The van der Waals surface area contributed by atoms with Gasteiger partial charge in [-0.15, -0.1) is 0 Å². The molecular formula is C15H24N4. The van der Waals surface area contributed by atoms with E-state index >= 15 is 0 Å². The normalized spacial score (nSPS) is 12.5. The summed E-state index contributed by atoms with van der Waals surface area (Å²) in [6.07, 6.45) is 4.61. The predicted molar refractivity (Wildman–Crippen MR) is 79.4 cm³/mol. The standard InChI is InChI=1S/C15H24N4/c1-11(2)19-13-6-8-16-10-12(13)18-14(19)7-9-17-15(3,4)5/h6,8,10-11,17H,7,9H2,1-5H3. The Kier molecular flexibility index (Phi) is 3.90. The SMILES string of the molecule is CC(C)n1c(CCNC(C)(C)C)nc2cnccc21. The Morgan fingerprint density at radius 1 is 1.32 bits per heavy atom. The number of fused-ring (bicyclic) bond motifs is 1. The Balaban J connectivity index is 2.24. The van der Waals surface area contributed by atoms with Gasteiger partial charge in [0.25, 0.3) is 0 Å². The van der Waals surface area contributed by atoms with Gasteiger partial charge in [-0.05, 0) is 40.7 Å². The molecule has 0 amide bonds. The van der Waals surface area contributed by atoms with Crippen LogP contribution in [-0.2, 0) is 6.42 Å². The van der Waals surface area contributed by atoms with Crippen molar-refractivity contribution in [1.82, 2.24) is 19.9 Å². The van der Waals surface area contributed by atoms with Crippen molar-refractivity contribution >= 4 is 11.0 Å². The van der Waals surface area contributed by atoms with Crippen molar-refractivity contribution in [2.45, 2.75) is 52.6 Å². The van der Waals surface area contributed by atoms with Crippen molar-refractivity contribution in [3.63, 3.8) is 0 Å². The molecule has 0 atom stereocenters. The third kappa shape index (κ3) is 3.32. The number of hydrogen-bond donors (Lipinski definition) is 1. The smallest absolute Gasteiger partial charge is 0.111 e. The predicted octanol–water partition coefficient (Wildman–Crippen LogP) is 2.94. The fourth-order valence-corrected chi connectivity index (χ4v) is 2.30. The van der Waals surface area contributed by atoms with E-state index < -0.39 is 0 Å². The lowest BCUT2D eigenvalue weighted by Gasteiger charge is -2.21. The highest BCUT2D eigenvalue weighted by atomic mass is 15.1. The van der Waals surface area contributed by atoms with E-state index in [0.29, 0.717) is 6.04 Å². The van der Waals surface area contributed by atoms with E-state index in [1.807, 2.05) is 18.5 Å². The summed E-state index contributed by atoms with van der Waals surface area (Å²) in [6, 6.07) is 2.46. The molecule has 4 nitrogen and oxygen atoms in total. The quantitative estimate of drug-likeness (QED) is 0.919. The third-order valence-corrected chi connectivity index (χ3v) is 3.09. The number of aromatic nitrogens is 3. The summed E-state index contributed by atoms with van der Waals surface area (Å²) in [6.45, 7) is 11.9. The van der Waals surface area contributed by atoms with Gasteiger partial charge in [-0.3, -0.25) is 4.98 Å². The summed E-state index contributed by atoms with van der Waals surface area (Å²) < 4.78 is 2.31. The number of imidazole rings is 1. The van der Waals surface area contributed by atoms with E-state index in [2.05, 4.69) is 49.5 Å². The van der Waals surface area contributed by atoms with Crippen LogP contribution in [0.4, 0.5) is 0 Å². The maximum absolute atomic E-state index is 4.71. The zero-order valence-corrected chi connectivity index (χ0v) is 12.6. The van der Waals surface area contributed by atoms with Crippen molar-refractivity contribution < 1.29 is 0 Å². The summed E-state index contributed by atoms with van der Waals surface area (Å²) >= 11 is 0. The van der Waals surface area contributed by atoms with Crippen molar-refractivity contribution in [2.24, 2.45) is 0 Å². The van der Waals surface area contributed by atoms with Crippen LogP contribution in [0.2, 0.25) is 0 Å². The minimum absolute atomic E-state index is 0.149. The van der Waals surface area contributed by atoms with Gasteiger partial charge in [0.05, 0.1) is 11.7 Å². The van der Waals surface area contributed by atoms with Gasteiger partial charge in [0.2, 0.25) is 0 Å².